The maximum absolute atomic E-state index is 13.3. The molecule has 0 unspecified atom stereocenters. The van der Waals surface area contributed by atoms with Gasteiger partial charge < -0.3 is 14.5 Å². The summed E-state index contributed by atoms with van der Waals surface area (Å²) in [6, 6.07) is 22.3. The van der Waals surface area contributed by atoms with Gasteiger partial charge in [-0.2, -0.15) is 0 Å². The number of ether oxygens (including phenoxy) is 1. The van der Waals surface area contributed by atoms with Crippen LogP contribution in [0.15, 0.2) is 79.0 Å². The lowest BCUT2D eigenvalue weighted by molar-refractivity contribution is -0.130. The molecule has 6 heteroatoms. The fourth-order valence-corrected chi connectivity index (χ4v) is 3.66. The van der Waals surface area contributed by atoms with E-state index in [0.717, 1.165) is 12.1 Å². The van der Waals surface area contributed by atoms with Gasteiger partial charge in [0.25, 0.3) is 5.91 Å². The molecule has 0 radical (unpaired) electrons. The maximum atomic E-state index is 13.3. The Morgan fingerprint density at radius 1 is 0.806 bits per heavy atom. The van der Waals surface area contributed by atoms with Crippen molar-refractivity contribution in [2.45, 2.75) is 12.8 Å². The van der Waals surface area contributed by atoms with Crippen molar-refractivity contribution in [1.82, 2.24) is 14.8 Å². The molecule has 0 spiro atoms. The molecule has 1 aliphatic heterocycles. The molecule has 1 aliphatic rings. The molecule has 2 amide bonds. The number of nitrogens with zero attached hydrogens (tertiary/aromatic N) is 3. The fourth-order valence-electron chi connectivity index (χ4n) is 3.66. The van der Waals surface area contributed by atoms with Gasteiger partial charge >= 0.3 is 0 Å². The lowest BCUT2D eigenvalue weighted by Gasteiger charge is -2.23. The molecule has 0 atom stereocenters. The Kier molecular flexibility index (Phi) is 6.57. The van der Waals surface area contributed by atoms with Crippen molar-refractivity contribution in [2.75, 3.05) is 26.2 Å². The van der Waals surface area contributed by atoms with Gasteiger partial charge in [-0.1, -0.05) is 36.4 Å². The molecule has 0 aliphatic carbocycles. The van der Waals surface area contributed by atoms with E-state index in [2.05, 4.69) is 4.98 Å². The van der Waals surface area contributed by atoms with E-state index in [9.17, 15) is 9.59 Å². The molecule has 4 rings (SSSR count). The third kappa shape index (κ3) is 5.28. The third-order valence-corrected chi connectivity index (χ3v) is 5.28. The Hall–Kier alpha value is -3.67. The predicted molar refractivity (Wildman–Crippen MR) is 118 cm³/mol. The topological polar surface area (TPSA) is 62.7 Å². The van der Waals surface area contributed by atoms with Crippen LogP contribution in [0.5, 0.6) is 11.5 Å². The summed E-state index contributed by atoms with van der Waals surface area (Å²) in [5, 5.41) is 0. The van der Waals surface area contributed by atoms with Crippen LogP contribution in [-0.2, 0) is 11.2 Å². The minimum Gasteiger partial charge on any atom is -0.457 e. The number of benzene rings is 2. The van der Waals surface area contributed by atoms with E-state index in [1.807, 2.05) is 65.6 Å². The van der Waals surface area contributed by atoms with Crippen molar-refractivity contribution in [1.29, 1.82) is 0 Å². The number of hydrogen-bond donors (Lipinski definition) is 0. The summed E-state index contributed by atoms with van der Waals surface area (Å²) >= 11 is 0. The minimum atomic E-state index is -0.0782. The monoisotopic (exact) mass is 415 g/mol. The quantitative estimate of drug-likeness (QED) is 0.636. The van der Waals surface area contributed by atoms with Gasteiger partial charge in [-0.15, -0.1) is 0 Å². The second kappa shape index (κ2) is 9.89. The fraction of sp³-hybridized carbons (Fsp3) is 0.240. The summed E-state index contributed by atoms with van der Waals surface area (Å²) in [6.45, 7) is 2.25. The van der Waals surface area contributed by atoms with E-state index in [4.69, 9.17) is 4.74 Å². The van der Waals surface area contributed by atoms with Crippen molar-refractivity contribution in [2.24, 2.45) is 0 Å². The zero-order valence-electron chi connectivity index (χ0n) is 17.3. The van der Waals surface area contributed by atoms with Gasteiger partial charge in [0.1, 0.15) is 11.5 Å². The zero-order valence-corrected chi connectivity index (χ0v) is 17.3. The van der Waals surface area contributed by atoms with Gasteiger partial charge in [-0.3, -0.25) is 14.6 Å². The molecule has 0 bridgehead atoms. The molecular weight excluding hydrogens is 390 g/mol. The van der Waals surface area contributed by atoms with Crippen LogP contribution in [0.3, 0.4) is 0 Å². The van der Waals surface area contributed by atoms with Gasteiger partial charge in [0.05, 0.1) is 12.0 Å². The van der Waals surface area contributed by atoms with Gasteiger partial charge in [0, 0.05) is 38.1 Å². The van der Waals surface area contributed by atoms with Crippen LogP contribution < -0.4 is 4.74 Å². The smallest absolute Gasteiger partial charge is 0.257 e. The zero-order chi connectivity index (χ0) is 21.5. The van der Waals surface area contributed by atoms with E-state index in [-0.39, 0.29) is 18.2 Å². The third-order valence-electron chi connectivity index (χ3n) is 5.28. The van der Waals surface area contributed by atoms with Gasteiger partial charge in [0.2, 0.25) is 5.91 Å². The number of carbonyl (C=O) groups excluding carboxylic acids is 2. The lowest BCUT2D eigenvalue weighted by Crippen LogP contribution is -2.38. The number of amides is 2. The van der Waals surface area contributed by atoms with E-state index < -0.39 is 0 Å². The molecule has 0 saturated carbocycles. The summed E-state index contributed by atoms with van der Waals surface area (Å²) in [4.78, 5) is 33.8. The largest absolute Gasteiger partial charge is 0.457 e. The van der Waals surface area contributed by atoms with Crippen LogP contribution in [0, 0.1) is 0 Å². The second-order valence-corrected chi connectivity index (χ2v) is 7.44. The average molecular weight is 415 g/mol. The van der Waals surface area contributed by atoms with Gasteiger partial charge in [-0.05, 0) is 42.8 Å². The Morgan fingerprint density at radius 3 is 2.32 bits per heavy atom. The van der Waals surface area contributed by atoms with Gasteiger partial charge in [-0.25, -0.2) is 0 Å². The van der Waals surface area contributed by atoms with E-state index in [1.165, 1.54) is 0 Å². The highest BCUT2D eigenvalue weighted by atomic mass is 16.5. The molecule has 1 aromatic heterocycles. The van der Waals surface area contributed by atoms with E-state index in [1.54, 1.807) is 23.2 Å². The van der Waals surface area contributed by atoms with Crippen LogP contribution >= 0.6 is 0 Å². The van der Waals surface area contributed by atoms with Crippen LogP contribution in [0.25, 0.3) is 0 Å². The van der Waals surface area contributed by atoms with Crippen molar-refractivity contribution in [3.8, 4) is 11.5 Å². The molecule has 0 N–H and O–H groups in total. The maximum Gasteiger partial charge on any atom is 0.257 e. The molecule has 2 aromatic carbocycles. The molecule has 3 aromatic rings. The van der Waals surface area contributed by atoms with E-state index >= 15 is 0 Å². The Morgan fingerprint density at radius 2 is 1.52 bits per heavy atom. The molecule has 1 saturated heterocycles. The highest BCUT2D eigenvalue weighted by Crippen LogP contribution is 2.26. The first kappa shape index (κ1) is 20.6. The molecular formula is C25H25N3O3. The first-order chi connectivity index (χ1) is 15.2. The minimum absolute atomic E-state index is 0.0424. The second-order valence-electron chi connectivity index (χ2n) is 7.44. The normalized spacial score (nSPS) is 14.1. The number of para-hydroxylation sites is 2. The standard InChI is InChI=1S/C25H25N3O3/c29-24(19-20-9-6-7-14-26-20)27-15-8-16-28(18-17-27)25(30)22-12-4-5-13-23(22)31-21-10-2-1-3-11-21/h1-7,9-14H,8,15-19H2. The average Bonchev–Trinajstić information content (AvgIpc) is 3.07. The number of rotatable bonds is 5. The van der Waals surface area contributed by atoms with E-state index in [0.29, 0.717) is 43.2 Å². The summed E-state index contributed by atoms with van der Waals surface area (Å²) in [6.07, 6.45) is 2.71. The molecule has 1 fully saturated rings. The molecule has 2 heterocycles. The van der Waals surface area contributed by atoms with Crippen molar-refractivity contribution in [3.63, 3.8) is 0 Å². The first-order valence-corrected chi connectivity index (χ1v) is 10.5. The number of carbonyl (C=O) groups is 2. The van der Waals surface area contributed by atoms with Crippen molar-refractivity contribution in [3.05, 3.63) is 90.3 Å². The summed E-state index contributed by atoms with van der Waals surface area (Å²) in [7, 11) is 0. The predicted octanol–water partition coefficient (Wildman–Crippen LogP) is 3.79. The SMILES string of the molecule is O=C(Cc1ccccn1)N1CCCN(C(=O)c2ccccc2Oc2ccccc2)CC1. The van der Waals surface area contributed by atoms with Crippen LogP contribution in [0.1, 0.15) is 22.5 Å². The summed E-state index contributed by atoms with van der Waals surface area (Å²) in [5.41, 5.74) is 1.29. The lowest BCUT2D eigenvalue weighted by atomic mass is 10.1. The van der Waals surface area contributed by atoms with Gasteiger partial charge in [0.15, 0.2) is 0 Å². The Bertz CT molecular complexity index is 1020. The summed E-state index contributed by atoms with van der Waals surface area (Å²) in [5.74, 6) is 1.18. The Labute approximate surface area is 182 Å². The summed E-state index contributed by atoms with van der Waals surface area (Å²) < 4.78 is 5.96. The van der Waals surface area contributed by atoms with Crippen LogP contribution in [-0.4, -0.2) is 52.8 Å². The number of aromatic nitrogens is 1. The highest BCUT2D eigenvalue weighted by Gasteiger charge is 2.25. The first-order valence-electron chi connectivity index (χ1n) is 10.5. The molecule has 158 valence electrons. The molecule has 6 nitrogen and oxygen atoms in total. The van der Waals surface area contributed by atoms with Crippen LogP contribution in [0.4, 0.5) is 0 Å². The van der Waals surface area contributed by atoms with Crippen molar-refractivity contribution >= 4 is 11.8 Å². The number of hydrogen-bond acceptors (Lipinski definition) is 4. The number of pyridine rings is 1. The van der Waals surface area contributed by atoms with Crippen molar-refractivity contribution < 1.29 is 14.3 Å². The van der Waals surface area contributed by atoms with Crippen LogP contribution in [0.2, 0.25) is 0 Å². The highest BCUT2D eigenvalue weighted by molar-refractivity contribution is 5.97. The molecule has 31 heavy (non-hydrogen) atoms. The Balaban J connectivity index is 1.42.